The fourth-order valence-corrected chi connectivity index (χ4v) is 1.26. The molecule has 0 spiro atoms. The molecule has 1 aliphatic rings. The molecule has 0 N–H and O–H groups in total. The molecule has 0 aliphatic heterocycles. The molecule has 4 heteroatoms. The molecule has 0 amide bonds. The van der Waals surface area contributed by atoms with E-state index in [-0.39, 0.29) is 5.54 Å². The maximum absolute atomic E-state index is 10.2. The Balaban J connectivity index is 2.35. The minimum Gasteiger partial charge on any atom is -0.258 e. The highest BCUT2D eigenvalue weighted by atomic mass is 16.1. The number of aromatic nitrogens is 2. The van der Waals surface area contributed by atoms with Crippen LogP contribution in [0.15, 0.2) is 17.4 Å². The van der Waals surface area contributed by atoms with Crippen molar-refractivity contribution in [2.45, 2.75) is 25.3 Å². The third kappa shape index (κ3) is 1.36. The van der Waals surface area contributed by atoms with Gasteiger partial charge in [-0.25, -0.2) is 4.79 Å². The van der Waals surface area contributed by atoms with Crippen molar-refractivity contribution in [3.63, 3.8) is 0 Å². The lowest BCUT2D eigenvalue weighted by molar-refractivity contribution is 0.554. The second kappa shape index (κ2) is 2.75. The summed E-state index contributed by atoms with van der Waals surface area (Å²) < 4.78 is 0. The van der Waals surface area contributed by atoms with E-state index < -0.39 is 0 Å². The molecule has 0 radical (unpaired) electrons. The summed E-state index contributed by atoms with van der Waals surface area (Å²) in [6, 6.07) is 0. The van der Waals surface area contributed by atoms with Crippen LogP contribution in [-0.2, 0) is 10.3 Å². The van der Waals surface area contributed by atoms with Crippen LogP contribution in [0.2, 0.25) is 0 Å². The van der Waals surface area contributed by atoms with Crippen molar-refractivity contribution in [2.24, 2.45) is 4.99 Å². The van der Waals surface area contributed by atoms with E-state index >= 15 is 0 Å². The van der Waals surface area contributed by atoms with Crippen molar-refractivity contribution in [3.8, 4) is 0 Å². The topological polar surface area (TPSA) is 55.2 Å². The number of aryl methyl sites for hydroxylation is 1. The quantitative estimate of drug-likeness (QED) is 0.499. The Morgan fingerprint density at radius 1 is 1.46 bits per heavy atom. The smallest absolute Gasteiger partial charge is 0.235 e. The van der Waals surface area contributed by atoms with Crippen LogP contribution in [-0.4, -0.2) is 16.0 Å². The van der Waals surface area contributed by atoms with Gasteiger partial charge in [-0.3, -0.25) is 9.97 Å². The standard InChI is InChI=1S/C9H9N3O/c1-7-4-11-8(5-10-7)9(2-3-9)12-6-13/h4-5H,2-3H2,1H3. The lowest BCUT2D eigenvalue weighted by Gasteiger charge is -2.05. The number of hydrogen-bond donors (Lipinski definition) is 0. The maximum atomic E-state index is 10.2. The van der Waals surface area contributed by atoms with Gasteiger partial charge in [0.1, 0.15) is 5.54 Å². The molecule has 13 heavy (non-hydrogen) atoms. The summed E-state index contributed by atoms with van der Waals surface area (Å²) in [5, 5.41) is 0. The minimum atomic E-state index is -0.386. The Labute approximate surface area is 75.7 Å². The van der Waals surface area contributed by atoms with E-state index in [1.807, 2.05) is 6.92 Å². The van der Waals surface area contributed by atoms with Crippen LogP contribution in [0.3, 0.4) is 0 Å². The molecular formula is C9H9N3O. The van der Waals surface area contributed by atoms with Gasteiger partial charge in [-0.15, -0.1) is 0 Å². The zero-order valence-corrected chi connectivity index (χ0v) is 7.32. The SMILES string of the molecule is Cc1cnc(C2(N=C=O)CC2)cn1. The predicted octanol–water partition coefficient (Wildman–Crippen LogP) is 1.11. The van der Waals surface area contributed by atoms with E-state index in [9.17, 15) is 4.79 Å². The first-order chi connectivity index (χ1) is 6.27. The largest absolute Gasteiger partial charge is 0.258 e. The van der Waals surface area contributed by atoms with Gasteiger partial charge in [-0.1, -0.05) is 0 Å². The lowest BCUT2D eigenvalue weighted by atomic mass is 10.2. The van der Waals surface area contributed by atoms with Crippen LogP contribution in [0.1, 0.15) is 24.2 Å². The third-order valence-corrected chi connectivity index (χ3v) is 2.24. The second-order valence-electron chi connectivity index (χ2n) is 3.28. The second-order valence-corrected chi connectivity index (χ2v) is 3.28. The number of nitrogens with zero attached hydrogens (tertiary/aromatic N) is 3. The molecule has 0 bridgehead atoms. The minimum absolute atomic E-state index is 0.386. The zero-order valence-electron chi connectivity index (χ0n) is 7.32. The van der Waals surface area contributed by atoms with Gasteiger partial charge in [0.15, 0.2) is 0 Å². The highest BCUT2D eigenvalue weighted by Crippen LogP contribution is 2.47. The summed E-state index contributed by atoms with van der Waals surface area (Å²) in [6.07, 6.45) is 6.71. The van der Waals surface area contributed by atoms with Gasteiger partial charge in [0, 0.05) is 6.20 Å². The number of isocyanates is 1. The van der Waals surface area contributed by atoms with Crippen LogP contribution in [0, 0.1) is 6.92 Å². The van der Waals surface area contributed by atoms with E-state index in [2.05, 4.69) is 15.0 Å². The number of hydrogen-bond acceptors (Lipinski definition) is 4. The van der Waals surface area contributed by atoms with Gasteiger partial charge >= 0.3 is 0 Å². The molecule has 1 saturated carbocycles. The molecule has 0 atom stereocenters. The monoisotopic (exact) mass is 175 g/mol. The first-order valence-corrected chi connectivity index (χ1v) is 4.15. The van der Waals surface area contributed by atoms with Crippen molar-refractivity contribution in [2.75, 3.05) is 0 Å². The summed E-state index contributed by atoms with van der Waals surface area (Å²) in [7, 11) is 0. The normalized spacial score (nSPS) is 17.6. The van der Waals surface area contributed by atoms with Gasteiger partial charge in [-0.2, -0.15) is 4.99 Å². The van der Waals surface area contributed by atoms with Gasteiger partial charge < -0.3 is 0 Å². The molecule has 0 aromatic carbocycles. The van der Waals surface area contributed by atoms with E-state index in [0.717, 1.165) is 24.2 Å². The van der Waals surface area contributed by atoms with E-state index in [1.54, 1.807) is 18.5 Å². The summed E-state index contributed by atoms with van der Waals surface area (Å²) in [5.74, 6) is 0. The molecule has 66 valence electrons. The summed E-state index contributed by atoms with van der Waals surface area (Å²) in [6.45, 7) is 1.87. The fourth-order valence-electron chi connectivity index (χ4n) is 1.26. The van der Waals surface area contributed by atoms with Crippen LogP contribution in [0.25, 0.3) is 0 Å². The van der Waals surface area contributed by atoms with Gasteiger partial charge in [0.25, 0.3) is 0 Å². The summed E-state index contributed by atoms with van der Waals surface area (Å²) in [5.41, 5.74) is 1.26. The Bertz CT molecular complexity index is 361. The molecule has 1 aromatic rings. The van der Waals surface area contributed by atoms with Gasteiger partial charge in [0.2, 0.25) is 6.08 Å². The molecule has 1 aromatic heterocycles. The molecule has 1 fully saturated rings. The highest BCUT2D eigenvalue weighted by Gasteiger charge is 2.46. The molecule has 1 heterocycles. The maximum Gasteiger partial charge on any atom is 0.235 e. The van der Waals surface area contributed by atoms with Crippen molar-refractivity contribution in [1.82, 2.24) is 9.97 Å². The van der Waals surface area contributed by atoms with Crippen LogP contribution >= 0.6 is 0 Å². The molecule has 1 aliphatic carbocycles. The molecule has 2 rings (SSSR count). The van der Waals surface area contributed by atoms with E-state index in [1.165, 1.54) is 0 Å². The van der Waals surface area contributed by atoms with Crippen LogP contribution in [0.5, 0.6) is 0 Å². The summed E-state index contributed by atoms with van der Waals surface area (Å²) >= 11 is 0. The van der Waals surface area contributed by atoms with Crippen molar-refractivity contribution >= 4 is 6.08 Å². The molecule has 4 nitrogen and oxygen atoms in total. The first-order valence-electron chi connectivity index (χ1n) is 4.15. The Morgan fingerprint density at radius 2 is 2.23 bits per heavy atom. The Morgan fingerprint density at radius 3 is 2.69 bits per heavy atom. The van der Waals surface area contributed by atoms with Crippen LogP contribution < -0.4 is 0 Å². The molecule has 0 unspecified atom stereocenters. The Kier molecular flexibility index (Phi) is 1.71. The van der Waals surface area contributed by atoms with Gasteiger partial charge in [-0.05, 0) is 19.8 Å². The Hall–Kier alpha value is -1.54. The summed E-state index contributed by atoms with van der Waals surface area (Å²) in [4.78, 5) is 22.2. The zero-order chi connectivity index (χ0) is 9.31. The van der Waals surface area contributed by atoms with E-state index in [4.69, 9.17) is 0 Å². The predicted molar refractivity (Wildman–Crippen MR) is 45.8 cm³/mol. The van der Waals surface area contributed by atoms with Crippen molar-refractivity contribution < 1.29 is 4.79 Å². The molecule has 0 saturated heterocycles. The number of rotatable bonds is 2. The third-order valence-electron chi connectivity index (χ3n) is 2.24. The number of aliphatic imine (C=N–C) groups is 1. The average Bonchev–Trinajstić information content (AvgIpc) is 2.87. The highest BCUT2D eigenvalue weighted by molar-refractivity contribution is 5.38. The average molecular weight is 175 g/mol. The van der Waals surface area contributed by atoms with Gasteiger partial charge in [0.05, 0.1) is 17.6 Å². The first kappa shape index (κ1) is 8.08. The lowest BCUT2D eigenvalue weighted by Crippen LogP contribution is -2.06. The molecular weight excluding hydrogens is 166 g/mol. The van der Waals surface area contributed by atoms with Crippen LogP contribution in [0.4, 0.5) is 0 Å². The van der Waals surface area contributed by atoms with Crippen molar-refractivity contribution in [3.05, 3.63) is 23.8 Å². The fraction of sp³-hybridized carbons (Fsp3) is 0.444. The van der Waals surface area contributed by atoms with E-state index in [0.29, 0.717) is 0 Å². The number of carbonyl (C=O) groups excluding carboxylic acids is 1. The van der Waals surface area contributed by atoms with Crippen molar-refractivity contribution in [1.29, 1.82) is 0 Å².